The molecular weight excluding hydrogens is 443 g/mol. The number of carbonyl (C=O) groups is 2. The van der Waals surface area contributed by atoms with Gasteiger partial charge in [-0.3, -0.25) is 9.59 Å². The highest BCUT2D eigenvalue weighted by Crippen LogP contribution is 2.37. The van der Waals surface area contributed by atoms with Gasteiger partial charge in [0.1, 0.15) is 11.6 Å². The summed E-state index contributed by atoms with van der Waals surface area (Å²) in [5, 5.41) is 0. The summed E-state index contributed by atoms with van der Waals surface area (Å²) in [6.45, 7) is 8.48. The van der Waals surface area contributed by atoms with Crippen LogP contribution in [0.25, 0.3) is 0 Å². The first-order valence-corrected chi connectivity index (χ1v) is 12.7. The lowest BCUT2D eigenvalue weighted by atomic mass is 9.88. The van der Waals surface area contributed by atoms with Crippen LogP contribution in [-0.4, -0.2) is 46.8 Å². The van der Waals surface area contributed by atoms with Crippen LogP contribution in [0, 0.1) is 5.82 Å². The van der Waals surface area contributed by atoms with E-state index in [2.05, 4.69) is 6.58 Å². The third kappa shape index (κ3) is 5.42. The highest BCUT2D eigenvalue weighted by molar-refractivity contribution is 5.82. The van der Waals surface area contributed by atoms with Crippen LogP contribution in [0.2, 0.25) is 0 Å². The van der Waals surface area contributed by atoms with Gasteiger partial charge in [-0.2, -0.15) is 0 Å². The van der Waals surface area contributed by atoms with Crippen molar-refractivity contribution in [1.29, 1.82) is 0 Å². The first-order chi connectivity index (χ1) is 16.9. The number of hydrogen-bond acceptors (Lipinski definition) is 3. The normalized spacial score (nSPS) is 18.6. The van der Waals surface area contributed by atoms with Crippen molar-refractivity contribution in [3.8, 4) is 5.75 Å². The second kappa shape index (κ2) is 11.1. The van der Waals surface area contributed by atoms with Crippen LogP contribution >= 0.6 is 0 Å². The predicted molar refractivity (Wildman–Crippen MR) is 135 cm³/mol. The zero-order valence-corrected chi connectivity index (χ0v) is 20.7. The lowest BCUT2D eigenvalue weighted by molar-refractivity contribution is -0.140. The van der Waals surface area contributed by atoms with Gasteiger partial charge in [-0.15, -0.1) is 6.58 Å². The fourth-order valence-electron chi connectivity index (χ4n) is 5.44. The SMILES string of the molecule is C=CCN(C(=O)[C@H](CC)Oc1ccc2c(c1)[C@H](c1ccc(F)cc1)N(C(C)=O)CC2)C1CCCC1. The zero-order valence-electron chi connectivity index (χ0n) is 20.7. The number of rotatable bonds is 8. The summed E-state index contributed by atoms with van der Waals surface area (Å²) in [4.78, 5) is 29.7. The summed E-state index contributed by atoms with van der Waals surface area (Å²) in [6, 6.07) is 12.1. The maximum Gasteiger partial charge on any atom is 0.264 e. The molecule has 0 bridgehead atoms. The molecule has 2 aliphatic rings. The standard InChI is InChI=1S/C29H35FN2O3/c1-4-17-32(24-8-6-7-9-24)29(34)27(5-2)35-25-15-12-21-16-18-31(20(3)33)28(26(21)19-25)22-10-13-23(30)14-11-22/h4,10-15,19,24,27-28H,1,5-9,16-18H2,2-3H3/t27-,28-/m0/s1. The van der Waals surface area contributed by atoms with E-state index >= 15 is 0 Å². The Morgan fingerprint density at radius 3 is 2.54 bits per heavy atom. The summed E-state index contributed by atoms with van der Waals surface area (Å²) >= 11 is 0. The quantitative estimate of drug-likeness (QED) is 0.475. The molecule has 2 atom stereocenters. The summed E-state index contributed by atoms with van der Waals surface area (Å²) in [5.41, 5.74) is 2.93. The molecule has 186 valence electrons. The molecule has 1 heterocycles. The summed E-state index contributed by atoms with van der Waals surface area (Å²) < 4.78 is 19.9. The molecule has 0 aromatic heterocycles. The lowest BCUT2D eigenvalue weighted by Crippen LogP contribution is -2.46. The van der Waals surface area contributed by atoms with Crippen LogP contribution in [0.1, 0.15) is 68.7 Å². The molecule has 0 N–H and O–H groups in total. The monoisotopic (exact) mass is 478 g/mol. The molecule has 0 unspecified atom stereocenters. The minimum absolute atomic E-state index is 0.00234. The minimum Gasteiger partial charge on any atom is -0.481 e. The van der Waals surface area contributed by atoms with Crippen molar-refractivity contribution in [2.24, 2.45) is 0 Å². The zero-order chi connectivity index (χ0) is 24.9. The fourth-order valence-corrected chi connectivity index (χ4v) is 5.44. The Morgan fingerprint density at radius 2 is 1.91 bits per heavy atom. The molecule has 1 aliphatic heterocycles. The molecule has 35 heavy (non-hydrogen) atoms. The van der Waals surface area contributed by atoms with Crippen molar-refractivity contribution in [3.63, 3.8) is 0 Å². The van der Waals surface area contributed by atoms with E-state index in [1.165, 1.54) is 12.1 Å². The number of ether oxygens (including phenoxy) is 1. The Hall–Kier alpha value is -3.15. The number of fused-ring (bicyclic) bond motifs is 1. The van der Waals surface area contributed by atoms with Crippen LogP contribution in [0.15, 0.2) is 55.1 Å². The van der Waals surface area contributed by atoms with Gasteiger partial charge >= 0.3 is 0 Å². The Kier molecular flexibility index (Phi) is 7.89. The molecule has 2 amide bonds. The van der Waals surface area contributed by atoms with E-state index in [0.717, 1.165) is 48.8 Å². The van der Waals surface area contributed by atoms with E-state index in [0.29, 0.717) is 25.3 Å². The first-order valence-electron chi connectivity index (χ1n) is 12.7. The summed E-state index contributed by atoms with van der Waals surface area (Å²) in [5.74, 6) is 0.255. The van der Waals surface area contributed by atoms with Crippen LogP contribution in [-0.2, 0) is 16.0 Å². The van der Waals surface area contributed by atoms with Crippen molar-refractivity contribution in [2.75, 3.05) is 13.1 Å². The topological polar surface area (TPSA) is 49.9 Å². The number of halogens is 1. The molecule has 0 radical (unpaired) electrons. The van der Waals surface area contributed by atoms with E-state index in [9.17, 15) is 14.0 Å². The average Bonchev–Trinajstić information content (AvgIpc) is 3.40. The molecule has 6 heteroatoms. The fraction of sp³-hybridized carbons (Fsp3) is 0.448. The molecule has 0 saturated heterocycles. The van der Waals surface area contributed by atoms with Gasteiger partial charge in [0.25, 0.3) is 5.91 Å². The number of carbonyl (C=O) groups excluding carboxylic acids is 2. The van der Waals surface area contributed by atoms with Crippen molar-refractivity contribution in [2.45, 2.75) is 70.6 Å². The molecule has 5 nitrogen and oxygen atoms in total. The van der Waals surface area contributed by atoms with Gasteiger partial charge in [-0.1, -0.05) is 44.0 Å². The number of benzene rings is 2. The second-order valence-electron chi connectivity index (χ2n) is 9.51. The average molecular weight is 479 g/mol. The second-order valence-corrected chi connectivity index (χ2v) is 9.51. The van der Waals surface area contributed by atoms with Gasteiger partial charge < -0.3 is 14.5 Å². The van der Waals surface area contributed by atoms with Crippen molar-refractivity contribution in [1.82, 2.24) is 9.80 Å². The predicted octanol–water partition coefficient (Wildman–Crippen LogP) is 5.43. The van der Waals surface area contributed by atoms with Crippen molar-refractivity contribution in [3.05, 3.63) is 77.6 Å². The third-order valence-electron chi connectivity index (χ3n) is 7.23. The lowest BCUT2D eigenvalue weighted by Gasteiger charge is -2.37. The van der Waals surface area contributed by atoms with Gasteiger partial charge in [-0.25, -0.2) is 4.39 Å². The van der Waals surface area contributed by atoms with Crippen LogP contribution < -0.4 is 4.74 Å². The van der Waals surface area contributed by atoms with E-state index in [1.807, 2.05) is 34.9 Å². The Morgan fingerprint density at radius 1 is 1.20 bits per heavy atom. The molecular formula is C29H35FN2O3. The smallest absolute Gasteiger partial charge is 0.264 e. The molecule has 0 spiro atoms. The highest BCUT2D eigenvalue weighted by Gasteiger charge is 2.33. The molecule has 2 aromatic rings. The highest BCUT2D eigenvalue weighted by atomic mass is 19.1. The summed E-state index contributed by atoms with van der Waals surface area (Å²) in [7, 11) is 0. The van der Waals surface area contributed by atoms with Gasteiger partial charge in [0, 0.05) is 26.1 Å². The van der Waals surface area contributed by atoms with Gasteiger partial charge in [-0.05, 0) is 66.6 Å². The molecule has 1 aliphatic carbocycles. The van der Waals surface area contributed by atoms with Crippen LogP contribution in [0.5, 0.6) is 5.75 Å². The van der Waals surface area contributed by atoms with E-state index in [4.69, 9.17) is 4.74 Å². The van der Waals surface area contributed by atoms with Crippen LogP contribution in [0.4, 0.5) is 4.39 Å². The Bertz CT molecular complexity index is 1060. The van der Waals surface area contributed by atoms with Gasteiger partial charge in [0.15, 0.2) is 6.10 Å². The molecule has 1 saturated carbocycles. The largest absolute Gasteiger partial charge is 0.481 e. The first kappa shape index (κ1) is 25.0. The number of amides is 2. The molecule has 4 rings (SSSR count). The Balaban J connectivity index is 1.63. The van der Waals surface area contributed by atoms with E-state index in [1.54, 1.807) is 25.1 Å². The van der Waals surface area contributed by atoms with Gasteiger partial charge in [0.2, 0.25) is 5.91 Å². The maximum absolute atomic E-state index is 13.6. The third-order valence-corrected chi connectivity index (χ3v) is 7.23. The van der Waals surface area contributed by atoms with Crippen molar-refractivity contribution < 1.29 is 18.7 Å². The van der Waals surface area contributed by atoms with Crippen LogP contribution in [0.3, 0.4) is 0 Å². The van der Waals surface area contributed by atoms with E-state index in [-0.39, 0.29) is 29.7 Å². The van der Waals surface area contributed by atoms with E-state index < -0.39 is 6.10 Å². The molecule has 2 aromatic carbocycles. The number of nitrogens with zero attached hydrogens (tertiary/aromatic N) is 2. The Labute approximate surface area is 207 Å². The van der Waals surface area contributed by atoms with Crippen molar-refractivity contribution >= 4 is 11.8 Å². The van der Waals surface area contributed by atoms with Gasteiger partial charge in [0.05, 0.1) is 6.04 Å². The molecule has 1 fully saturated rings. The minimum atomic E-state index is -0.592. The summed E-state index contributed by atoms with van der Waals surface area (Å²) in [6.07, 6.45) is 6.81. The number of hydrogen-bond donors (Lipinski definition) is 0. The maximum atomic E-state index is 13.6.